The fraction of sp³-hybridized carbons (Fsp3) is 0.250. The first-order valence-corrected chi connectivity index (χ1v) is 11.5. The van der Waals surface area contributed by atoms with Gasteiger partial charge in [-0.1, -0.05) is 61.9 Å². The number of benzene rings is 2. The van der Waals surface area contributed by atoms with Gasteiger partial charge < -0.3 is 19.1 Å². The van der Waals surface area contributed by atoms with E-state index in [0.29, 0.717) is 28.6 Å². The Bertz CT molecular complexity index is 1430. The summed E-state index contributed by atoms with van der Waals surface area (Å²) >= 11 is 0. The third-order valence-electron chi connectivity index (χ3n) is 6.07. The molecule has 0 amide bonds. The van der Waals surface area contributed by atoms with Gasteiger partial charge in [0.05, 0.1) is 37.4 Å². The number of fused-ring (bicyclic) bond motifs is 1. The van der Waals surface area contributed by atoms with Crippen molar-refractivity contribution in [1.82, 2.24) is 9.55 Å². The number of carboxylic acids is 1. The summed E-state index contributed by atoms with van der Waals surface area (Å²) in [5.74, 6) is 0.0917. The minimum Gasteiger partial charge on any atom is -0.492 e. The zero-order valence-corrected chi connectivity index (χ0v) is 20.1. The van der Waals surface area contributed by atoms with E-state index in [4.69, 9.17) is 14.5 Å². The van der Waals surface area contributed by atoms with Crippen LogP contribution in [0.4, 0.5) is 0 Å². The Hall–Kier alpha value is -4.13. The van der Waals surface area contributed by atoms with E-state index in [1.165, 1.54) is 14.2 Å². The van der Waals surface area contributed by atoms with Gasteiger partial charge in [0.2, 0.25) is 0 Å². The van der Waals surface area contributed by atoms with Crippen molar-refractivity contribution in [3.8, 4) is 22.6 Å². The fourth-order valence-electron chi connectivity index (χ4n) is 4.31. The van der Waals surface area contributed by atoms with E-state index in [-0.39, 0.29) is 29.0 Å². The number of carbonyl (C=O) groups is 1. The van der Waals surface area contributed by atoms with Crippen LogP contribution in [-0.4, -0.2) is 34.8 Å². The maximum absolute atomic E-state index is 12.7. The molecule has 180 valence electrons. The lowest BCUT2D eigenvalue weighted by Crippen LogP contribution is -2.11. The average molecular weight is 473 g/mol. The number of ether oxygens (including phenoxy) is 2. The summed E-state index contributed by atoms with van der Waals surface area (Å²) in [6.45, 7) is 2.39. The number of aromatic carboxylic acids is 1. The second kappa shape index (κ2) is 10.4. The summed E-state index contributed by atoms with van der Waals surface area (Å²) in [5.41, 5.74) is 3.28. The lowest BCUT2D eigenvalue weighted by atomic mass is 9.95. The monoisotopic (exact) mass is 472 g/mol. The first kappa shape index (κ1) is 24.0. The molecule has 0 aliphatic rings. The molecule has 0 radical (unpaired) electrons. The van der Waals surface area contributed by atoms with Crippen LogP contribution < -0.4 is 14.9 Å². The third kappa shape index (κ3) is 4.75. The van der Waals surface area contributed by atoms with E-state index in [1.54, 1.807) is 12.1 Å². The van der Waals surface area contributed by atoms with Crippen molar-refractivity contribution >= 4 is 17.0 Å². The predicted molar refractivity (Wildman–Crippen MR) is 136 cm³/mol. The van der Waals surface area contributed by atoms with Crippen LogP contribution in [0.3, 0.4) is 0 Å². The number of imidazole rings is 1. The molecular formula is C28H28N2O5. The van der Waals surface area contributed by atoms with Crippen LogP contribution >= 0.6 is 0 Å². The van der Waals surface area contributed by atoms with Crippen molar-refractivity contribution in [3.63, 3.8) is 0 Å². The first-order valence-electron chi connectivity index (χ1n) is 11.5. The summed E-state index contributed by atoms with van der Waals surface area (Å²) < 4.78 is 12.6. The minimum absolute atomic E-state index is 0.136. The number of rotatable bonds is 9. The van der Waals surface area contributed by atoms with Crippen LogP contribution in [0.2, 0.25) is 0 Å². The van der Waals surface area contributed by atoms with Gasteiger partial charge in [-0.3, -0.25) is 4.79 Å². The molecule has 0 spiro atoms. The standard InChI is InChI=1S/C28H28N2O5/c1-4-5-14-25-29-21-15-23(34-2)27(31)24(35-3)16-22(21)30(25)17-19-12-9-13-20(26(19)28(32)33)18-10-7-6-8-11-18/h6-13,15-16H,4-5,14,17H2,1-3H3,(H,32,33). The molecule has 4 aromatic rings. The lowest BCUT2D eigenvalue weighted by molar-refractivity contribution is 0.0696. The van der Waals surface area contributed by atoms with Gasteiger partial charge in [-0.15, -0.1) is 0 Å². The maximum Gasteiger partial charge on any atom is 0.336 e. The van der Waals surface area contributed by atoms with Gasteiger partial charge in [0.25, 0.3) is 5.43 Å². The van der Waals surface area contributed by atoms with E-state index in [1.807, 2.05) is 53.1 Å². The van der Waals surface area contributed by atoms with E-state index in [9.17, 15) is 14.7 Å². The Kier molecular flexibility index (Phi) is 7.15. The van der Waals surface area contributed by atoms with Crippen LogP contribution in [0.25, 0.3) is 22.2 Å². The fourth-order valence-corrected chi connectivity index (χ4v) is 4.31. The Morgan fingerprint density at radius 2 is 1.71 bits per heavy atom. The summed E-state index contributed by atoms with van der Waals surface area (Å²) in [6, 6.07) is 18.3. The third-order valence-corrected chi connectivity index (χ3v) is 6.07. The molecule has 0 unspecified atom stereocenters. The predicted octanol–water partition coefficient (Wildman–Crippen LogP) is 5.17. The number of hydrogen-bond donors (Lipinski definition) is 1. The second-order valence-electron chi connectivity index (χ2n) is 8.25. The van der Waals surface area contributed by atoms with Crippen LogP contribution in [0.5, 0.6) is 11.5 Å². The number of methoxy groups -OCH3 is 2. The Morgan fingerprint density at radius 3 is 2.37 bits per heavy atom. The SMILES string of the molecule is CCCCc1nc2cc(OC)c(=O)c(OC)cc2n1Cc1cccc(-c2ccccc2)c1C(=O)O. The van der Waals surface area contributed by atoms with Crippen LogP contribution in [0.15, 0.2) is 65.5 Å². The van der Waals surface area contributed by atoms with Crippen molar-refractivity contribution in [3.05, 3.63) is 87.8 Å². The molecular weight excluding hydrogens is 444 g/mol. The number of hydrogen-bond acceptors (Lipinski definition) is 5. The van der Waals surface area contributed by atoms with Crippen molar-refractivity contribution in [1.29, 1.82) is 0 Å². The molecule has 0 aliphatic heterocycles. The highest BCUT2D eigenvalue weighted by Gasteiger charge is 2.20. The number of aryl methyl sites for hydroxylation is 1. The molecule has 0 saturated carbocycles. The second-order valence-corrected chi connectivity index (χ2v) is 8.25. The topological polar surface area (TPSA) is 90.7 Å². The molecule has 0 atom stereocenters. The zero-order valence-electron chi connectivity index (χ0n) is 20.1. The first-order chi connectivity index (χ1) is 17.0. The van der Waals surface area contributed by atoms with Gasteiger partial charge in [-0.25, -0.2) is 9.78 Å². The molecule has 4 rings (SSSR count). The highest BCUT2D eigenvalue weighted by Crippen LogP contribution is 2.29. The van der Waals surface area contributed by atoms with Gasteiger partial charge in [0.15, 0.2) is 11.5 Å². The van der Waals surface area contributed by atoms with E-state index < -0.39 is 5.97 Å². The summed E-state index contributed by atoms with van der Waals surface area (Å²) in [7, 11) is 2.87. The quantitative estimate of drug-likeness (QED) is 0.361. The van der Waals surface area contributed by atoms with Crippen LogP contribution in [0.1, 0.15) is 41.5 Å². The smallest absolute Gasteiger partial charge is 0.336 e. The summed E-state index contributed by atoms with van der Waals surface area (Å²) in [4.78, 5) is 30.0. The average Bonchev–Trinajstić information content (AvgIpc) is 3.11. The molecule has 7 nitrogen and oxygen atoms in total. The number of carboxylic acid groups (broad SMARTS) is 1. The van der Waals surface area contributed by atoms with Crippen molar-refractivity contribution < 1.29 is 19.4 Å². The van der Waals surface area contributed by atoms with Crippen molar-refractivity contribution in [2.24, 2.45) is 0 Å². The molecule has 0 bridgehead atoms. The molecule has 3 aromatic carbocycles. The summed E-state index contributed by atoms with van der Waals surface area (Å²) in [6.07, 6.45) is 2.62. The Balaban J connectivity index is 1.96. The maximum atomic E-state index is 12.7. The van der Waals surface area contributed by atoms with Gasteiger partial charge in [0.1, 0.15) is 5.82 Å². The lowest BCUT2D eigenvalue weighted by Gasteiger charge is -2.15. The van der Waals surface area contributed by atoms with E-state index >= 15 is 0 Å². The van der Waals surface area contributed by atoms with Crippen LogP contribution in [0, 0.1) is 0 Å². The largest absolute Gasteiger partial charge is 0.492 e. The van der Waals surface area contributed by atoms with Crippen molar-refractivity contribution in [2.75, 3.05) is 14.2 Å². The van der Waals surface area contributed by atoms with Gasteiger partial charge in [-0.05, 0) is 23.1 Å². The van der Waals surface area contributed by atoms with E-state index in [2.05, 4.69) is 6.92 Å². The molecule has 0 saturated heterocycles. The number of nitrogens with zero attached hydrogens (tertiary/aromatic N) is 2. The Morgan fingerprint density at radius 1 is 1.00 bits per heavy atom. The Labute approximate surface area is 203 Å². The zero-order chi connectivity index (χ0) is 24.9. The number of aromatic nitrogens is 2. The normalized spacial score (nSPS) is 10.9. The highest BCUT2D eigenvalue weighted by atomic mass is 16.5. The molecule has 1 heterocycles. The molecule has 0 fully saturated rings. The van der Waals surface area contributed by atoms with Gasteiger partial charge in [0, 0.05) is 18.6 Å². The molecule has 0 aliphatic carbocycles. The van der Waals surface area contributed by atoms with Crippen LogP contribution in [-0.2, 0) is 13.0 Å². The van der Waals surface area contributed by atoms with Gasteiger partial charge in [-0.2, -0.15) is 0 Å². The molecule has 35 heavy (non-hydrogen) atoms. The number of unbranched alkanes of at least 4 members (excludes halogenated alkanes) is 1. The highest BCUT2D eigenvalue weighted by molar-refractivity contribution is 5.97. The van der Waals surface area contributed by atoms with Crippen molar-refractivity contribution in [2.45, 2.75) is 32.7 Å². The molecule has 1 N–H and O–H groups in total. The summed E-state index contributed by atoms with van der Waals surface area (Å²) in [5, 5.41) is 10.2. The van der Waals surface area contributed by atoms with Gasteiger partial charge >= 0.3 is 5.97 Å². The molecule has 7 heteroatoms. The minimum atomic E-state index is -0.995. The molecule has 1 aromatic heterocycles. The van der Waals surface area contributed by atoms with E-state index in [0.717, 1.165) is 24.2 Å².